The molecule has 0 aromatic carbocycles. The van der Waals surface area contributed by atoms with E-state index in [2.05, 4.69) is 0 Å². The summed E-state index contributed by atoms with van der Waals surface area (Å²) in [7, 11) is 1.70. The summed E-state index contributed by atoms with van der Waals surface area (Å²) in [4.78, 5) is 40.5. The second kappa shape index (κ2) is 5.61. The molecule has 3 aliphatic rings. The number of aryl methyl sites for hydroxylation is 2. The SMILES string of the molecule is Cc1oc2c(c1C(=O)N1CCC[C@@]3(CN(C)C(=O)O3)C1)C(=O)CCC2. The minimum absolute atomic E-state index is 0.0137. The van der Waals surface area contributed by atoms with Crippen LogP contribution in [0.15, 0.2) is 4.42 Å². The molecule has 0 saturated carbocycles. The third-order valence-electron chi connectivity index (χ3n) is 5.43. The smallest absolute Gasteiger partial charge is 0.410 e. The van der Waals surface area contributed by atoms with Gasteiger partial charge in [-0.1, -0.05) is 0 Å². The molecule has 0 unspecified atom stereocenters. The largest absolute Gasteiger partial charge is 0.465 e. The van der Waals surface area contributed by atoms with Gasteiger partial charge in [0.15, 0.2) is 5.78 Å². The highest BCUT2D eigenvalue weighted by Gasteiger charge is 2.48. The average molecular weight is 346 g/mol. The average Bonchev–Trinajstić information content (AvgIpc) is 3.04. The lowest BCUT2D eigenvalue weighted by Crippen LogP contribution is -2.52. The van der Waals surface area contributed by atoms with Gasteiger partial charge in [-0.2, -0.15) is 0 Å². The van der Waals surface area contributed by atoms with Gasteiger partial charge in [0.1, 0.15) is 17.1 Å². The predicted molar refractivity (Wildman–Crippen MR) is 87.7 cm³/mol. The Morgan fingerprint density at radius 2 is 1.96 bits per heavy atom. The molecule has 2 saturated heterocycles. The summed E-state index contributed by atoms with van der Waals surface area (Å²) in [6.45, 7) is 3.17. The Balaban J connectivity index is 1.63. The summed E-state index contributed by atoms with van der Waals surface area (Å²) in [5, 5.41) is 0. The van der Waals surface area contributed by atoms with Crippen LogP contribution in [0.5, 0.6) is 0 Å². The van der Waals surface area contributed by atoms with Crippen molar-refractivity contribution in [2.24, 2.45) is 0 Å². The van der Waals surface area contributed by atoms with Crippen molar-refractivity contribution >= 4 is 17.8 Å². The number of carbonyl (C=O) groups is 3. The van der Waals surface area contributed by atoms with Crippen LogP contribution in [0.4, 0.5) is 4.79 Å². The minimum Gasteiger partial charge on any atom is -0.465 e. The van der Waals surface area contributed by atoms with Crippen molar-refractivity contribution in [2.75, 3.05) is 26.7 Å². The molecule has 25 heavy (non-hydrogen) atoms. The Hall–Kier alpha value is -2.31. The molecular weight excluding hydrogens is 324 g/mol. The van der Waals surface area contributed by atoms with Crippen LogP contribution in [0.25, 0.3) is 0 Å². The van der Waals surface area contributed by atoms with E-state index in [0.29, 0.717) is 55.1 Å². The molecular formula is C18H22N2O5. The molecule has 134 valence electrons. The molecule has 0 radical (unpaired) electrons. The Morgan fingerprint density at radius 1 is 1.16 bits per heavy atom. The van der Waals surface area contributed by atoms with Crippen LogP contribution in [0.3, 0.4) is 0 Å². The third kappa shape index (κ3) is 2.53. The Labute approximate surface area is 145 Å². The molecule has 7 nitrogen and oxygen atoms in total. The maximum atomic E-state index is 13.2. The number of hydrogen-bond donors (Lipinski definition) is 0. The fourth-order valence-electron chi connectivity index (χ4n) is 4.30. The molecule has 1 aromatic heterocycles. The number of furan rings is 1. The number of rotatable bonds is 1. The van der Waals surface area contributed by atoms with Crippen LogP contribution in [-0.2, 0) is 11.2 Å². The van der Waals surface area contributed by atoms with Crippen LogP contribution in [0, 0.1) is 6.92 Å². The van der Waals surface area contributed by atoms with Gasteiger partial charge in [-0.25, -0.2) is 4.79 Å². The zero-order chi connectivity index (χ0) is 17.8. The lowest BCUT2D eigenvalue weighted by molar-refractivity contribution is -0.00530. The number of nitrogens with zero attached hydrogens (tertiary/aromatic N) is 2. The van der Waals surface area contributed by atoms with Gasteiger partial charge in [0.2, 0.25) is 0 Å². The lowest BCUT2D eigenvalue weighted by Gasteiger charge is -2.38. The number of piperidine rings is 1. The summed E-state index contributed by atoms with van der Waals surface area (Å²) >= 11 is 0. The Morgan fingerprint density at radius 3 is 2.68 bits per heavy atom. The van der Waals surface area contributed by atoms with Crippen LogP contribution in [0.2, 0.25) is 0 Å². The summed E-state index contributed by atoms with van der Waals surface area (Å²) < 4.78 is 11.3. The molecule has 1 aromatic rings. The zero-order valence-electron chi connectivity index (χ0n) is 14.6. The van der Waals surface area contributed by atoms with E-state index in [4.69, 9.17) is 9.15 Å². The number of ether oxygens (including phenoxy) is 1. The van der Waals surface area contributed by atoms with E-state index in [-0.39, 0.29) is 17.8 Å². The first-order valence-electron chi connectivity index (χ1n) is 8.79. The monoisotopic (exact) mass is 346 g/mol. The first-order chi connectivity index (χ1) is 11.9. The standard InChI is InChI=1S/C18H22N2O5/c1-11-14(15-12(21)5-3-6-13(15)24-11)16(22)20-8-4-7-18(10-20)9-19(2)17(23)25-18/h3-10H2,1-2H3/t18-/m1/s1. The van der Waals surface area contributed by atoms with Gasteiger partial charge in [0.05, 0.1) is 24.2 Å². The van der Waals surface area contributed by atoms with Crippen molar-refractivity contribution in [1.29, 1.82) is 0 Å². The number of fused-ring (bicyclic) bond motifs is 1. The van der Waals surface area contributed by atoms with Crippen molar-refractivity contribution in [2.45, 2.75) is 44.6 Å². The molecule has 1 atom stereocenters. The molecule has 0 N–H and O–H groups in total. The molecule has 7 heteroatoms. The van der Waals surface area contributed by atoms with Gasteiger partial charge in [-0.15, -0.1) is 0 Å². The Kier molecular flexibility index (Phi) is 3.63. The molecule has 3 heterocycles. The van der Waals surface area contributed by atoms with E-state index in [1.54, 1.807) is 23.8 Å². The van der Waals surface area contributed by atoms with Crippen molar-refractivity contribution in [3.05, 3.63) is 22.6 Å². The number of hydrogen-bond acceptors (Lipinski definition) is 5. The Bertz CT molecular complexity index is 768. The van der Waals surface area contributed by atoms with Crippen molar-refractivity contribution in [3.8, 4) is 0 Å². The summed E-state index contributed by atoms with van der Waals surface area (Å²) in [6.07, 6.45) is 3.08. The topological polar surface area (TPSA) is 80.1 Å². The number of carbonyl (C=O) groups excluding carboxylic acids is 3. The third-order valence-corrected chi connectivity index (χ3v) is 5.43. The van der Waals surface area contributed by atoms with Crippen molar-refractivity contribution in [3.63, 3.8) is 0 Å². The molecule has 2 aliphatic heterocycles. The van der Waals surface area contributed by atoms with Gasteiger partial charge in [-0.05, 0) is 26.2 Å². The number of likely N-dealkylation sites (tertiary alicyclic amines) is 1. The first-order valence-corrected chi connectivity index (χ1v) is 8.79. The van der Waals surface area contributed by atoms with E-state index >= 15 is 0 Å². The van der Waals surface area contributed by atoms with Crippen LogP contribution < -0.4 is 0 Å². The fourth-order valence-corrected chi connectivity index (χ4v) is 4.30. The van der Waals surface area contributed by atoms with Gasteiger partial charge < -0.3 is 19.0 Å². The number of amides is 2. The molecule has 1 aliphatic carbocycles. The lowest BCUT2D eigenvalue weighted by atomic mass is 9.90. The van der Waals surface area contributed by atoms with E-state index in [0.717, 1.165) is 19.3 Å². The minimum atomic E-state index is -0.637. The molecule has 2 fully saturated rings. The second-order valence-electron chi connectivity index (χ2n) is 7.35. The van der Waals surface area contributed by atoms with E-state index in [9.17, 15) is 14.4 Å². The zero-order valence-corrected chi connectivity index (χ0v) is 14.6. The quantitative estimate of drug-likeness (QED) is 0.778. The van der Waals surface area contributed by atoms with Crippen LogP contribution in [0.1, 0.15) is 57.9 Å². The predicted octanol–water partition coefficient (Wildman–Crippen LogP) is 2.16. The van der Waals surface area contributed by atoms with E-state index < -0.39 is 5.60 Å². The normalized spacial score (nSPS) is 26.2. The summed E-state index contributed by atoms with van der Waals surface area (Å²) in [5.41, 5.74) is 0.227. The molecule has 1 spiro atoms. The molecule has 2 amide bonds. The molecule has 0 bridgehead atoms. The maximum absolute atomic E-state index is 13.2. The van der Waals surface area contributed by atoms with Crippen LogP contribution >= 0.6 is 0 Å². The number of ketones is 1. The van der Waals surface area contributed by atoms with Gasteiger partial charge in [0, 0.05) is 26.4 Å². The highest BCUT2D eigenvalue weighted by molar-refractivity contribution is 6.10. The fraction of sp³-hybridized carbons (Fsp3) is 0.611. The van der Waals surface area contributed by atoms with Gasteiger partial charge in [0.25, 0.3) is 5.91 Å². The van der Waals surface area contributed by atoms with Crippen molar-refractivity contribution < 1.29 is 23.5 Å². The second-order valence-corrected chi connectivity index (χ2v) is 7.35. The van der Waals surface area contributed by atoms with Crippen molar-refractivity contribution in [1.82, 2.24) is 9.80 Å². The first kappa shape index (κ1) is 16.2. The highest BCUT2D eigenvalue weighted by atomic mass is 16.6. The van der Waals surface area contributed by atoms with Gasteiger partial charge >= 0.3 is 6.09 Å². The summed E-state index contributed by atoms with van der Waals surface area (Å²) in [6, 6.07) is 0. The molecule has 4 rings (SSSR count). The summed E-state index contributed by atoms with van der Waals surface area (Å²) in [5.74, 6) is 0.934. The van der Waals surface area contributed by atoms with Gasteiger partial charge in [-0.3, -0.25) is 9.59 Å². The number of Topliss-reactive ketones (excluding diaryl/α,β-unsaturated/α-hetero) is 1. The van der Waals surface area contributed by atoms with E-state index in [1.165, 1.54) is 0 Å². The van der Waals surface area contributed by atoms with Crippen LogP contribution in [-0.4, -0.2) is 59.9 Å². The number of likely N-dealkylation sites (N-methyl/N-ethyl adjacent to an activating group) is 1. The maximum Gasteiger partial charge on any atom is 0.410 e. The highest BCUT2D eigenvalue weighted by Crippen LogP contribution is 2.34. The van der Waals surface area contributed by atoms with E-state index in [1.807, 2.05) is 0 Å².